The predicted octanol–water partition coefficient (Wildman–Crippen LogP) is 3.56. The Hall–Kier alpha value is -2.43. The molecule has 2 heterocycles. The standard InChI is InChI=1S/C17H20N4O/c1-12(15-9-10-18-16-19-11-20-21(15)16)22-14-7-5-13(6-8-14)17(2,3)4/h5-12H,1-4H3. The molecule has 1 aromatic carbocycles. The molecule has 0 aliphatic carbocycles. The molecule has 0 aliphatic rings. The Morgan fingerprint density at radius 3 is 2.45 bits per heavy atom. The van der Waals surface area contributed by atoms with Crippen molar-refractivity contribution in [3.05, 3.63) is 54.1 Å². The topological polar surface area (TPSA) is 52.3 Å². The van der Waals surface area contributed by atoms with Gasteiger partial charge in [0.25, 0.3) is 5.78 Å². The monoisotopic (exact) mass is 296 g/mol. The van der Waals surface area contributed by atoms with Gasteiger partial charge in [-0.05, 0) is 36.1 Å². The summed E-state index contributed by atoms with van der Waals surface area (Å²) in [7, 11) is 0. The van der Waals surface area contributed by atoms with Crippen molar-refractivity contribution in [2.75, 3.05) is 0 Å². The first-order valence-corrected chi connectivity index (χ1v) is 7.37. The molecule has 3 rings (SSSR count). The van der Waals surface area contributed by atoms with Crippen LogP contribution in [-0.2, 0) is 5.41 Å². The molecular weight excluding hydrogens is 276 g/mol. The molecule has 5 nitrogen and oxygen atoms in total. The van der Waals surface area contributed by atoms with Gasteiger partial charge in [-0.2, -0.15) is 14.6 Å². The van der Waals surface area contributed by atoms with Crippen LogP contribution in [0.2, 0.25) is 0 Å². The zero-order chi connectivity index (χ0) is 15.7. The maximum Gasteiger partial charge on any atom is 0.252 e. The van der Waals surface area contributed by atoms with E-state index in [4.69, 9.17) is 4.74 Å². The van der Waals surface area contributed by atoms with Crippen LogP contribution in [0, 0.1) is 0 Å². The zero-order valence-electron chi connectivity index (χ0n) is 13.3. The van der Waals surface area contributed by atoms with Crippen LogP contribution in [-0.4, -0.2) is 19.6 Å². The molecule has 0 saturated heterocycles. The number of rotatable bonds is 3. The highest BCUT2D eigenvalue weighted by molar-refractivity contribution is 5.32. The minimum atomic E-state index is -0.146. The van der Waals surface area contributed by atoms with Gasteiger partial charge in [0.1, 0.15) is 18.2 Å². The molecule has 1 unspecified atom stereocenters. The fourth-order valence-electron chi connectivity index (χ4n) is 2.36. The third kappa shape index (κ3) is 2.79. The number of hydrogen-bond donors (Lipinski definition) is 0. The molecule has 22 heavy (non-hydrogen) atoms. The molecule has 0 spiro atoms. The van der Waals surface area contributed by atoms with Crippen LogP contribution in [0.5, 0.6) is 5.75 Å². The summed E-state index contributed by atoms with van der Waals surface area (Å²) >= 11 is 0. The van der Waals surface area contributed by atoms with Crippen molar-refractivity contribution < 1.29 is 4.74 Å². The van der Waals surface area contributed by atoms with Gasteiger partial charge in [0, 0.05) is 6.20 Å². The Bertz CT molecular complexity index is 771. The number of fused-ring (bicyclic) bond motifs is 1. The predicted molar refractivity (Wildman–Crippen MR) is 85.0 cm³/mol. The average molecular weight is 296 g/mol. The molecule has 2 aromatic heterocycles. The smallest absolute Gasteiger partial charge is 0.252 e. The van der Waals surface area contributed by atoms with Crippen molar-refractivity contribution >= 4 is 5.78 Å². The van der Waals surface area contributed by atoms with Crippen LogP contribution in [0.3, 0.4) is 0 Å². The molecule has 0 saturated carbocycles. The van der Waals surface area contributed by atoms with Gasteiger partial charge in [-0.25, -0.2) is 4.98 Å². The molecule has 0 amide bonds. The fraction of sp³-hybridized carbons (Fsp3) is 0.353. The summed E-state index contributed by atoms with van der Waals surface area (Å²) in [6.45, 7) is 8.59. The second-order valence-electron chi connectivity index (χ2n) is 6.38. The first kappa shape index (κ1) is 14.5. The van der Waals surface area contributed by atoms with E-state index >= 15 is 0 Å². The van der Waals surface area contributed by atoms with Gasteiger partial charge in [-0.3, -0.25) is 0 Å². The van der Waals surface area contributed by atoms with E-state index < -0.39 is 0 Å². The molecule has 1 atom stereocenters. The van der Waals surface area contributed by atoms with Crippen molar-refractivity contribution in [3.63, 3.8) is 0 Å². The number of ether oxygens (including phenoxy) is 1. The number of aromatic nitrogens is 4. The summed E-state index contributed by atoms with van der Waals surface area (Å²) in [6.07, 6.45) is 3.08. The van der Waals surface area contributed by atoms with Gasteiger partial charge in [0.15, 0.2) is 0 Å². The Morgan fingerprint density at radius 1 is 1.05 bits per heavy atom. The molecule has 114 valence electrons. The maximum atomic E-state index is 6.03. The molecular formula is C17H20N4O. The SMILES string of the molecule is CC(Oc1ccc(C(C)(C)C)cc1)c1ccnc2ncnn12. The summed E-state index contributed by atoms with van der Waals surface area (Å²) < 4.78 is 7.73. The van der Waals surface area contributed by atoms with Gasteiger partial charge >= 0.3 is 0 Å². The Kier molecular flexibility index (Phi) is 3.56. The van der Waals surface area contributed by atoms with Crippen LogP contribution < -0.4 is 4.74 Å². The summed E-state index contributed by atoms with van der Waals surface area (Å²) in [6, 6.07) is 10.1. The van der Waals surface area contributed by atoms with Crippen molar-refractivity contribution in [3.8, 4) is 5.75 Å². The molecule has 0 N–H and O–H groups in total. The van der Waals surface area contributed by atoms with Crippen molar-refractivity contribution in [1.29, 1.82) is 0 Å². The van der Waals surface area contributed by atoms with Crippen molar-refractivity contribution in [1.82, 2.24) is 19.6 Å². The summed E-state index contributed by atoms with van der Waals surface area (Å²) in [5, 5.41) is 4.19. The van der Waals surface area contributed by atoms with E-state index in [0.29, 0.717) is 5.78 Å². The van der Waals surface area contributed by atoms with Crippen LogP contribution in [0.25, 0.3) is 5.78 Å². The van der Waals surface area contributed by atoms with E-state index in [-0.39, 0.29) is 11.5 Å². The minimum Gasteiger partial charge on any atom is -0.484 e. The lowest BCUT2D eigenvalue weighted by atomic mass is 9.87. The van der Waals surface area contributed by atoms with Crippen molar-refractivity contribution in [2.24, 2.45) is 0 Å². The van der Waals surface area contributed by atoms with Crippen LogP contribution in [0.4, 0.5) is 0 Å². The highest BCUT2D eigenvalue weighted by Crippen LogP contribution is 2.26. The van der Waals surface area contributed by atoms with Gasteiger partial charge < -0.3 is 4.74 Å². The Morgan fingerprint density at radius 2 is 1.77 bits per heavy atom. The molecule has 0 fully saturated rings. The first-order chi connectivity index (χ1) is 10.4. The molecule has 5 heteroatoms. The molecule has 3 aromatic rings. The van der Waals surface area contributed by atoms with Crippen LogP contribution in [0.15, 0.2) is 42.9 Å². The van der Waals surface area contributed by atoms with Gasteiger partial charge in [0.2, 0.25) is 0 Å². The minimum absolute atomic E-state index is 0.141. The summed E-state index contributed by atoms with van der Waals surface area (Å²) in [5.41, 5.74) is 2.35. The fourth-order valence-corrected chi connectivity index (χ4v) is 2.36. The number of nitrogens with zero attached hydrogens (tertiary/aromatic N) is 4. The van der Waals surface area contributed by atoms with E-state index in [1.807, 2.05) is 25.1 Å². The Balaban J connectivity index is 1.82. The lowest BCUT2D eigenvalue weighted by Crippen LogP contribution is -2.12. The highest BCUT2D eigenvalue weighted by atomic mass is 16.5. The van der Waals surface area contributed by atoms with E-state index in [0.717, 1.165) is 11.4 Å². The third-order valence-electron chi connectivity index (χ3n) is 3.66. The molecule has 0 radical (unpaired) electrons. The second kappa shape index (κ2) is 5.40. The molecule has 0 bridgehead atoms. The summed E-state index contributed by atoms with van der Waals surface area (Å²) in [5.74, 6) is 1.42. The quantitative estimate of drug-likeness (QED) is 0.741. The lowest BCUT2D eigenvalue weighted by molar-refractivity contribution is 0.218. The third-order valence-corrected chi connectivity index (χ3v) is 3.66. The van der Waals surface area contributed by atoms with Gasteiger partial charge in [-0.1, -0.05) is 32.9 Å². The second-order valence-corrected chi connectivity index (χ2v) is 6.38. The van der Waals surface area contributed by atoms with Crippen LogP contribution in [0.1, 0.15) is 45.1 Å². The van der Waals surface area contributed by atoms with E-state index in [2.05, 4.69) is 48.0 Å². The molecule has 0 aliphatic heterocycles. The van der Waals surface area contributed by atoms with E-state index in [1.165, 1.54) is 11.9 Å². The largest absolute Gasteiger partial charge is 0.484 e. The average Bonchev–Trinajstić information content (AvgIpc) is 2.95. The number of hydrogen-bond acceptors (Lipinski definition) is 4. The van der Waals surface area contributed by atoms with Crippen LogP contribution >= 0.6 is 0 Å². The van der Waals surface area contributed by atoms with E-state index in [1.54, 1.807) is 10.7 Å². The normalized spacial score (nSPS) is 13.3. The zero-order valence-corrected chi connectivity index (χ0v) is 13.3. The highest BCUT2D eigenvalue weighted by Gasteiger charge is 2.15. The lowest BCUT2D eigenvalue weighted by Gasteiger charge is -2.20. The van der Waals surface area contributed by atoms with Gasteiger partial charge in [-0.15, -0.1) is 0 Å². The van der Waals surface area contributed by atoms with Gasteiger partial charge in [0.05, 0.1) is 5.69 Å². The van der Waals surface area contributed by atoms with E-state index in [9.17, 15) is 0 Å². The van der Waals surface area contributed by atoms with Crippen molar-refractivity contribution in [2.45, 2.75) is 39.2 Å². The Labute approximate surface area is 130 Å². The summed E-state index contributed by atoms with van der Waals surface area (Å²) in [4.78, 5) is 8.26. The first-order valence-electron chi connectivity index (χ1n) is 7.37. The maximum absolute atomic E-state index is 6.03. The number of benzene rings is 1.